The number of aromatic hydroxyl groups is 1. The number of nitrogens with zero attached hydrogens (tertiary/aromatic N) is 1. The van der Waals surface area contributed by atoms with E-state index < -0.39 is 15.8 Å². The van der Waals surface area contributed by atoms with Gasteiger partial charge in [0.25, 0.3) is 10.0 Å². The van der Waals surface area contributed by atoms with Gasteiger partial charge in [-0.15, -0.1) is 0 Å². The molecule has 0 atom stereocenters. The van der Waals surface area contributed by atoms with E-state index in [4.69, 9.17) is 0 Å². The molecule has 0 spiro atoms. The molecule has 0 aliphatic heterocycles. The Morgan fingerprint density at radius 1 is 1.15 bits per heavy atom. The third-order valence-electron chi connectivity index (χ3n) is 2.64. The number of phenols is 1. The van der Waals surface area contributed by atoms with E-state index in [0.29, 0.717) is 0 Å². The largest absolute Gasteiger partial charge is 0.507 e. The maximum Gasteiger partial charge on any atom is 0.282 e. The van der Waals surface area contributed by atoms with Gasteiger partial charge in [0.15, 0.2) is 0 Å². The van der Waals surface area contributed by atoms with E-state index in [-0.39, 0.29) is 16.2 Å². The average Bonchev–Trinajstić information content (AvgIpc) is 2.38. The van der Waals surface area contributed by atoms with Gasteiger partial charge in [-0.2, -0.15) is 12.8 Å². The van der Waals surface area contributed by atoms with Crippen molar-refractivity contribution in [1.82, 2.24) is 0 Å². The normalized spacial score (nSPS) is 11.9. The Balaban J connectivity index is 2.32. The molecule has 0 aliphatic rings. The molecular weight excluding hydrogens is 281 g/mol. The van der Waals surface area contributed by atoms with Crippen molar-refractivity contribution in [1.29, 1.82) is 0 Å². The topological polar surface area (TPSA) is 66.7 Å². The highest BCUT2D eigenvalue weighted by Gasteiger charge is 2.11. The summed E-state index contributed by atoms with van der Waals surface area (Å²) in [6.07, 6.45) is 0.990. The van der Waals surface area contributed by atoms with E-state index in [1.807, 2.05) is 6.92 Å². The summed E-state index contributed by atoms with van der Waals surface area (Å²) in [7, 11) is -3.84. The summed E-state index contributed by atoms with van der Waals surface area (Å²) in [4.78, 5) is 0.0564. The predicted octanol–water partition coefficient (Wildman–Crippen LogP) is 2.65. The summed E-state index contributed by atoms with van der Waals surface area (Å²) < 4.78 is 40.2. The van der Waals surface area contributed by atoms with Crippen LogP contribution >= 0.6 is 0 Å². The summed E-state index contributed by atoms with van der Waals surface area (Å²) in [5.74, 6) is -0.978. The lowest BCUT2D eigenvalue weighted by Crippen LogP contribution is -1.98. The van der Waals surface area contributed by atoms with E-state index in [9.17, 15) is 17.9 Å². The number of aryl methyl sites for hydroxylation is 1. The van der Waals surface area contributed by atoms with Crippen LogP contribution in [0.25, 0.3) is 0 Å². The molecule has 4 nitrogen and oxygen atoms in total. The number of benzene rings is 2. The molecule has 0 saturated heterocycles. The summed E-state index contributed by atoms with van der Waals surface area (Å²) in [5.41, 5.74) is 1.06. The van der Waals surface area contributed by atoms with Gasteiger partial charge in [-0.3, -0.25) is 0 Å². The molecule has 0 radical (unpaired) electrons. The zero-order valence-electron chi connectivity index (χ0n) is 10.6. The van der Waals surface area contributed by atoms with Gasteiger partial charge >= 0.3 is 0 Å². The maximum absolute atomic E-state index is 12.8. The van der Waals surface area contributed by atoms with E-state index in [1.54, 1.807) is 12.1 Å². The number of sulfonamides is 1. The summed E-state index contributed by atoms with van der Waals surface area (Å²) in [6, 6.07) is 9.48. The second-order valence-corrected chi connectivity index (χ2v) is 5.86. The second-order valence-electron chi connectivity index (χ2n) is 4.23. The van der Waals surface area contributed by atoms with E-state index in [2.05, 4.69) is 4.40 Å². The molecule has 0 bridgehead atoms. The first-order valence-electron chi connectivity index (χ1n) is 5.74. The Kier molecular flexibility index (Phi) is 3.85. The van der Waals surface area contributed by atoms with Crippen molar-refractivity contribution >= 4 is 16.2 Å². The summed E-state index contributed by atoms with van der Waals surface area (Å²) in [5, 5.41) is 9.47. The van der Waals surface area contributed by atoms with Crippen molar-refractivity contribution < 1.29 is 17.9 Å². The first-order valence-corrected chi connectivity index (χ1v) is 7.18. The van der Waals surface area contributed by atoms with Crippen LogP contribution in [0.3, 0.4) is 0 Å². The van der Waals surface area contributed by atoms with E-state index in [1.165, 1.54) is 18.2 Å². The van der Waals surface area contributed by atoms with Crippen molar-refractivity contribution in [2.75, 3.05) is 0 Å². The van der Waals surface area contributed by atoms with Crippen molar-refractivity contribution in [3.8, 4) is 5.75 Å². The SMILES string of the molecule is Cc1ccc(S(=O)(=O)/N=C/c2ccc(F)cc2O)cc1. The van der Waals surface area contributed by atoms with E-state index >= 15 is 0 Å². The van der Waals surface area contributed by atoms with E-state index in [0.717, 1.165) is 23.9 Å². The molecule has 104 valence electrons. The molecule has 20 heavy (non-hydrogen) atoms. The van der Waals surface area contributed by atoms with Gasteiger partial charge in [0.1, 0.15) is 11.6 Å². The van der Waals surface area contributed by atoms with Crippen LogP contribution in [-0.2, 0) is 10.0 Å². The van der Waals surface area contributed by atoms with Crippen LogP contribution in [0.5, 0.6) is 5.75 Å². The predicted molar refractivity (Wildman–Crippen MR) is 74.0 cm³/mol. The number of halogens is 1. The molecular formula is C14H12FNO3S. The Morgan fingerprint density at radius 3 is 2.40 bits per heavy atom. The molecule has 1 N–H and O–H groups in total. The maximum atomic E-state index is 12.8. The molecule has 0 amide bonds. The quantitative estimate of drug-likeness (QED) is 0.885. The zero-order valence-corrected chi connectivity index (χ0v) is 11.4. The van der Waals surface area contributed by atoms with Crippen LogP contribution in [0.15, 0.2) is 51.8 Å². The molecule has 6 heteroatoms. The summed E-state index contributed by atoms with van der Waals surface area (Å²) in [6.45, 7) is 1.84. The molecule has 0 heterocycles. The Labute approximate surface area is 116 Å². The number of phenolic OH excluding ortho intramolecular Hbond substituents is 1. The van der Waals surface area contributed by atoms with Crippen LogP contribution in [0.4, 0.5) is 4.39 Å². The van der Waals surface area contributed by atoms with Crippen molar-refractivity contribution in [3.63, 3.8) is 0 Å². The molecule has 2 rings (SSSR count). The van der Waals surface area contributed by atoms with Crippen molar-refractivity contribution in [2.45, 2.75) is 11.8 Å². The fourth-order valence-electron chi connectivity index (χ4n) is 1.52. The van der Waals surface area contributed by atoms with Gasteiger partial charge in [0.05, 0.1) is 11.1 Å². The Bertz CT molecular complexity index is 752. The third kappa shape index (κ3) is 3.21. The van der Waals surface area contributed by atoms with Gasteiger partial charge < -0.3 is 5.11 Å². The van der Waals surface area contributed by atoms with Crippen LogP contribution in [0.2, 0.25) is 0 Å². The fourth-order valence-corrected chi connectivity index (χ4v) is 2.38. The lowest BCUT2D eigenvalue weighted by atomic mass is 10.2. The van der Waals surface area contributed by atoms with Gasteiger partial charge in [-0.25, -0.2) is 4.39 Å². The lowest BCUT2D eigenvalue weighted by Gasteiger charge is -2.00. The lowest BCUT2D eigenvalue weighted by molar-refractivity contribution is 0.468. The molecule has 0 fully saturated rings. The first kappa shape index (κ1) is 14.2. The minimum atomic E-state index is -3.84. The average molecular weight is 293 g/mol. The second kappa shape index (κ2) is 5.42. The highest BCUT2D eigenvalue weighted by atomic mass is 32.2. The van der Waals surface area contributed by atoms with Crippen LogP contribution in [0.1, 0.15) is 11.1 Å². The van der Waals surface area contributed by atoms with Gasteiger partial charge in [0, 0.05) is 11.6 Å². The summed E-state index contributed by atoms with van der Waals surface area (Å²) >= 11 is 0. The molecule has 0 saturated carbocycles. The molecule has 0 aromatic heterocycles. The number of rotatable bonds is 3. The van der Waals surface area contributed by atoms with Gasteiger partial charge in [0.2, 0.25) is 0 Å². The standard InChI is InChI=1S/C14H12FNO3S/c1-10-2-6-13(7-3-10)20(18,19)16-9-11-4-5-12(15)8-14(11)17/h2-9,17H,1H3/b16-9+. The van der Waals surface area contributed by atoms with Gasteiger partial charge in [-0.1, -0.05) is 17.7 Å². The first-order chi connectivity index (χ1) is 9.38. The van der Waals surface area contributed by atoms with Crippen LogP contribution < -0.4 is 0 Å². The molecule has 2 aromatic carbocycles. The highest BCUT2D eigenvalue weighted by Crippen LogP contribution is 2.18. The monoisotopic (exact) mass is 293 g/mol. The molecule has 2 aromatic rings. The van der Waals surface area contributed by atoms with Crippen LogP contribution in [-0.4, -0.2) is 19.7 Å². The molecule has 0 aliphatic carbocycles. The zero-order chi connectivity index (χ0) is 14.8. The minimum absolute atomic E-state index is 0.0564. The minimum Gasteiger partial charge on any atom is -0.507 e. The number of hydrogen-bond donors (Lipinski definition) is 1. The highest BCUT2D eigenvalue weighted by molar-refractivity contribution is 7.90. The van der Waals surface area contributed by atoms with Crippen LogP contribution in [0, 0.1) is 12.7 Å². The van der Waals surface area contributed by atoms with Crippen molar-refractivity contribution in [2.24, 2.45) is 4.40 Å². The smallest absolute Gasteiger partial charge is 0.282 e. The van der Waals surface area contributed by atoms with Crippen molar-refractivity contribution in [3.05, 3.63) is 59.4 Å². The van der Waals surface area contributed by atoms with Gasteiger partial charge in [-0.05, 0) is 31.2 Å². The Morgan fingerprint density at radius 2 is 1.80 bits per heavy atom. The Hall–Kier alpha value is -2.21. The number of hydrogen-bond acceptors (Lipinski definition) is 3. The third-order valence-corrected chi connectivity index (χ3v) is 3.89. The fraction of sp³-hybridized carbons (Fsp3) is 0.0714. The molecule has 0 unspecified atom stereocenters.